The molecule has 0 aliphatic heterocycles. The van der Waals surface area contributed by atoms with E-state index in [0.717, 1.165) is 5.82 Å². The Kier molecular flexibility index (Phi) is 1.34. The average Bonchev–Trinajstić information content (AvgIpc) is 2.10. The van der Waals surface area contributed by atoms with Gasteiger partial charge < -0.3 is 5.73 Å². The molecule has 1 heterocycles. The van der Waals surface area contributed by atoms with Gasteiger partial charge in [-0.1, -0.05) is 6.42 Å². The lowest BCUT2D eigenvalue weighted by atomic mass is 9.85. The van der Waals surface area contributed by atoms with Crippen LogP contribution in [0, 0.1) is 0 Å². The van der Waals surface area contributed by atoms with Crippen molar-refractivity contribution in [1.82, 2.24) is 9.36 Å². The number of aromatic nitrogens is 2. The molecule has 1 aliphatic rings. The third-order valence-electron chi connectivity index (χ3n) is 1.93. The molecule has 0 unspecified atom stereocenters. The molecule has 1 saturated carbocycles. The van der Waals surface area contributed by atoms with Crippen molar-refractivity contribution in [2.24, 2.45) is 0 Å². The van der Waals surface area contributed by atoms with Crippen molar-refractivity contribution in [3.63, 3.8) is 0 Å². The Morgan fingerprint density at radius 1 is 1.50 bits per heavy atom. The number of nitrogens with two attached hydrogens (primary N) is 1. The van der Waals surface area contributed by atoms with Crippen LogP contribution in [0.15, 0.2) is 0 Å². The first-order chi connectivity index (χ1) is 4.86. The molecule has 10 heavy (non-hydrogen) atoms. The fourth-order valence-electron chi connectivity index (χ4n) is 1.08. The van der Waals surface area contributed by atoms with Crippen molar-refractivity contribution in [3.05, 3.63) is 5.82 Å². The third-order valence-corrected chi connectivity index (χ3v) is 2.48. The molecular formula is C6H9N3S. The number of rotatable bonds is 1. The summed E-state index contributed by atoms with van der Waals surface area (Å²) in [5.74, 6) is 1.59. The summed E-state index contributed by atoms with van der Waals surface area (Å²) >= 11 is 1.30. The minimum Gasteiger partial charge on any atom is -0.374 e. The van der Waals surface area contributed by atoms with Crippen molar-refractivity contribution in [3.8, 4) is 0 Å². The maximum absolute atomic E-state index is 5.44. The molecule has 1 fully saturated rings. The Bertz CT molecular complexity index is 229. The van der Waals surface area contributed by atoms with E-state index >= 15 is 0 Å². The molecular weight excluding hydrogens is 146 g/mol. The molecule has 1 aromatic rings. The van der Waals surface area contributed by atoms with Crippen LogP contribution in [0.25, 0.3) is 0 Å². The minimum absolute atomic E-state index is 0.599. The number of nitrogens with zero attached hydrogens (tertiary/aromatic N) is 2. The Labute approximate surface area is 63.4 Å². The zero-order valence-electron chi connectivity index (χ0n) is 5.58. The molecule has 0 amide bonds. The van der Waals surface area contributed by atoms with Crippen molar-refractivity contribution >= 4 is 16.7 Å². The van der Waals surface area contributed by atoms with Gasteiger partial charge in [-0.25, -0.2) is 4.98 Å². The summed E-state index contributed by atoms with van der Waals surface area (Å²) in [6.07, 6.45) is 3.82. The van der Waals surface area contributed by atoms with Gasteiger partial charge in [0.2, 0.25) is 0 Å². The summed E-state index contributed by atoms with van der Waals surface area (Å²) in [5, 5.41) is 0.599. The second-order valence-corrected chi connectivity index (χ2v) is 3.40. The molecule has 4 heteroatoms. The van der Waals surface area contributed by atoms with Crippen LogP contribution in [0.2, 0.25) is 0 Å². The van der Waals surface area contributed by atoms with Crippen LogP contribution in [-0.4, -0.2) is 9.36 Å². The number of anilines is 1. The molecule has 2 rings (SSSR count). The summed E-state index contributed by atoms with van der Waals surface area (Å²) < 4.78 is 4.14. The monoisotopic (exact) mass is 155 g/mol. The van der Waals surface area contributed by atoms with Crippen LogP contribution in [0.5, 0.6) is 0 Å². The van der Waals surface area contributed by atoms with Gasteiger partial charge in [0.1, 0.15) is 5.82 Å². The van der Waals surface area contributed by atoms with Gasteiger partial charge in [0, 0.05) is 17.5 Å². The zero-order valence-corrected chi connectivity index (χ0v) is 6.40. The highest BCUT2D eigenvalue weighted by atomic mass is 32.1. The summed E-state index contributed by atoms with van der Waals surface area (Å²) in [7, 11) is 0. The average molecular weight is 155 g/mol. The standard InChI is InChI=1S/C6H9N3S/c7-6-8-5(9-10-6)4-2-1-3-4/h4H,1-3H2,(H2,7,8,9). The molecule has 3 nitrogen and oxygen atoms in total. The van der Waals surface area contributed by atoms with Crippen molar-refractivity contribution in [2.75, 3.05) is 5.73 Å². The van der Waals surface area contributed by atoms with E-state index in [1.807, 2.05) is 0 Å². The maximum Gasteiger partial charge on any atom is 0.199 e. The van der Waals surface area contributed by atoms with Crippen molar-refractivity contribution in [2.45, 2.75) is 25.2 Å². The van der Waals surface area contributed by atoms with Crippen molar-refractivity contribution < 1.29 is 0 Å². The van der Waals surface area contributed by atoms with E-state index in [2.05, 4.69) is 9.36 Å². The Hall–Kier alpha value is -0.640. The van der Waals surface area contributed by atoms with E-state index < -0.39 is 0 Å². The minimum atomic E-state index is 0.599. The molecule has 0 bridgehead atoms. The fraction of sp³-hybridized carbons (Fsp3) is 0.667. The highest BCUT2D eigenvalue weighted by molar-refractivity contribution is 7.09. The van der Waals surface area contributed by atoms with Crippen LogP contribution in [-0.2, 0) is 0 Å². The molecule has 0 spiro atoms. The molecule has 0 radical (unpaired) electrons. The number of hydrogen-bond donors (Lipinski definition) is 1. The third kappa shape index (κ3) is 0.883. The lowest BCUT2D eigenvalue weighted by Crippen LogP contribution is -2.10. The highest BCUT2D eigenvalue weighted by Gasteiger charge is 2.22. The normalized spacial score (nSPS) is 18.8. The zero-order chi connectivity index (χ0) is 6.97. The van der Waals surface area contributed by atoms with Gasteiger partial charge in [-0.2, -0.15) is 4.37 Å². The molecule has 0 atom stereocenters. The van der Waals surface area contributed by atoms with E-state index in [0.29, 0.717) is 11.0 Å². The van der Waals surface area contributed by atoms with Gasteiger partial charge in [-0.3, -0.25) is 0 Å². The van der Waals surface area contributed by atoms with Gasteiger partial charge in [-0.05, 0) is 12.8 Å². The van der Waals surface area contributed by atoms with Crippen LogP contribution in [0.1, 0.15) is 31.0 Å². The van der Waals surface area contributed by atoms with Crippen LogP contribution < -0.4 is 5.73 Å². The summed E-state index contributed by atoms with van der Waals surface area (Å²) in [6, 6.07) is 0. The largest absolute Gasteiger partial charge is 0.374 e. The lowest BCUT2D eigenvalue weighted by molar-refractivity contribution is 0.405. The Morgan fingerprint density at radius 2 is 2.30 bits per heavy atom. The fourth-order valence-corrected chi connectivity index (χ4v) is 1.59. The van der Waals surface area contributed by atoms with Crippen LogP contribution in [0.4, 0.5) is 5.13 Å². The maximum atomic E-state index is 5.44. The molecule has 54 valence electrons. The predicted octanol–water partition coefficient (Wildman–Crippen LogP) is 1.39. The highest BCUT2D eigenvalue weighted by Crippen LogP contribution is 2.35. The molecule has 1 aromatic heterocycles. The SMILES string of the molecule is Nc1nc(C2CCC2)ns1. The second kappa shape index (κ2) is 2.20. The van der Waals surface area contributed by atoms with Gasteiger partial charge in [0.25, 0.3) is 0 Å². The first-order valence-corrected chi connectivity index (χ1v) is 4.22. The molecule has 1 aliphatic carbocycles. The number of hydrogen-bond acceptors (Lipinski definition) is 4. The summed E-state index contributed by atoms with van der Waals surface area (Å²) in [4.78, 5) is 4.12. The van der Waals surface area contributed by atoms with E-state index in [1.54, 1.807) is 0 Å². The summed E-state index contributed by atoms with van der Waals surface area (Å²) in [6.45, 7) is 0. The van der Waals surface area contributed by atoms with E-state index in [9.17, 15) is 0 Å². The Morgan fingerprint density at radius 3 is 2.70 bits per heavy atom. The first kappa shape index (κ1) is 6.09. The van der Waals surface area contributed by atoms with Gasteiger partial charge in [0.05, 0.1) is 0 Å². The van der Waals surface area contributed by atoms with E-state index in [1.165, 1.54) is 30.8 Å². The lowest BCUT2D eigenvalue weighted by Gasteiger charge is -2.21. The van der Waals surface area contributed by atoms with Crippen molar-refractivity contribution in [1.29, 1.82) is 0 Å². The van der Waals surface area contributed by atoms with Gasteiger partial charge >= 0.3 is 0 Å². The first-order valence-electron chi connectivity index (χ1n) is 3.45. The van der Waals surface area contributed by atoms with E-state index in [-0.39, 0.29) is 0 Å². The summed E-state index contributed by atoms with van der Waals surface area (Å²) in [5.41, 5.74) is 5.44. The quantitative estimate of drug-likeness (QED) is 0.666. The topological polar surface area (TPSA) is 51.8 Å². The van der Waals surface area contributed by atoms with Crippen LogP contribution >= 0.6 is 11.5 Å². The molecule has 0 saturated heterocycles. The molecule has 2 N–H and O–H groups in total. The smallest absolute Gasteiger partial charge is 0.199 e. The van der Waals surface area contributed by atoms with Gasteiger partial charge in [-0.15, -0.1) is 0 Å². The second-order valence-electron chi connectivity index (χ2n) is 2.62. The van der Waals surface area contributed by atoms with E-state index in [4.69, 9.17) is 5.73 Å². The number of nitrogen functional groups attached to an aromatic ring is 1. The predicted molar refractivity (Wildman–Crippen MR) is 40.9 cm³/mol. The van der Waals surface area contributed by atoms with Crippen LogP contribution in [0.3, 0.4) is 0 Å². The molecule has 0 aromatic carbocycles. The van der Waals surface area contributed by atoms with Gasteiger partial charge in [0.15, 0.2) is 5.13 Å². The Balaban J connectivity index is 2.17.